The van der Waals surface area contributed by atoms with E-state index >= 15 is 0 Å². The lowest BCUT2D eigenvalue weighted by Crippen LogP contribution is -2.36. The lowest BCUT2D eigenvalue weighted by Gasteiger charge is -2.16. The third-order valence-electron chi connectivity index (χ3n) is 3.47. The molecule has 0 aliphatic heterocycles. The van der Waals surface area contributed by atoms with E-state index in [1.165, 1.54) is 11.3 Å². The minimum Gasteiger partial charge on any atom is -0.378 e. The fourth-order valence-electron chi connectivity index (χ4n) is 2.36. The Labute approximate surface area is 131 Å². The normalized spacial score (nSPS) is 12.0. The first kappa shape index (κ1) is 16.1. The van der Waals surface area contributed by atoms with Gasteiger partial charge < -0.3 is 10.2 Å². The predicted molar refractivity (Wildman–Crippen MR) is 89.0 cm³/mol. The number of anilines is 1. The predicted octanol–water partition coefficient (Wildman–Crippen LogP) is 2.00. The molecule has 0 saturated carbocycles. The Kier molecular flexibility index (Phi) is 5.20. The van der Waals surface area contributed by atoms with Gasteiger partial charge >= 0.3 is 0 Å². The van der Waals surface area contributed by atoms with Crippen LogP contribution < -0.4 is 10.2 Å². The van der Waals surface area contributed by atoms with E-state index in [0.717, 1.165) is 12.0 Å². The highest BCUT2D eigenvalue weighted by Crippen LogP contribution is 2.13. The van der Waals surface area contributed by atoms with E-state index < -0.39 is 0 Å². The Morgan fingerprint density at radius 2 is 2.00 bits per heavy atom. The highest BCUT2D eigenvalue weighted by Gasteiger charge is 2.09. The second kappa shape index (κ2) is 7.11. The molecule has 0 spiro atoms. The van der Waals surface area contributed by atoms with Crippen molar-refractivity contribution in [2.45, 2.75) is 32.9 Å². The Balaban J connectivity index is 1.84. The van der Waals surface area contributed by atoms with Gasteiger partial charge in [0.2, 0.25) is 5.91 Å². The van der Waals surface area contributed by atoms with Gasteiger partial charge in [0.25, 0.3) is 0 Å². The molecule has 0 aliphatic carbocycles. The summed E-state index contributed by atoms with van der Waals surface area (Å²) in [6.07, 6.45) is 4.44. The first-order valence-electron chi connectivity index (χ1n) is 7.48. The molecule has 1 N–H and O–H groups in total. The summed E-state index contributed by atoms with van der Waals surface area (Å²) < 4.78 is 1.66. The van der Waals surface area contributed by atoms with E-state index in [2.05, 4.69) is 39.6 Å². The van der Waals surface area contributed by atoms with Crippen LogP contribution in [0.2, 0.25) is 0 Å². The van der Waals surface area contributed by atoms with Crippen molar-refractivity contribution in [2.75, 3.05) is 19.0 Å². The highest BCUT2D eigenvalue weighted by molar-refractivity contribution is 5.75. The summed E-state index contributed by atoms with van der Waals surface area (Å²) in [7, 11) is 4.05. The smallest absolute Gasteiger partial charge is 0.241 e. The van der Waals surface area contributed by atoms with Gasteiger partial charge in [-0.2, -0.15) is 5.10 Å². The van der Waals surface area contributed by atoms with Crippen LogP contribution in [0.5, 0.6) is 0 Å². The second-order valence-electron chi connectivity index (χ2n) is 5.95. The van der Waals surface area contributed by atoms with Crippen molar-refractivity contribution >= 4 is 11.6 Å². The van der Waals surface area contributed by atoms with Crippen molar-refractivity contribution in [1.29, 1.82) is 0 Å². The van der Waals surface area contributed by atoms with E-state index in [4.69, 9.17) is 0 Å². The SMILES string of the molecule is Cc1cnn(CC(=O)N[C@H](C)Cc2ccc(N(C)C)cc2)c1. The Hall–Kier alpha value is -2.30. The van der Waals surface area contributed by atoms with Crippen LogP contribution in [-0.4, -0.2) is 35.8 Å². The number of benzene rings is 1. The molecular weight excluding hydrogens is 276 g/mol. The maximum atomic E-state index is 12.0. The number of carbonyl (C=O) groups excluding carboxylic acids is 1. The molecule has 1 amide bonds. The molecule has 0 bridgehead atoms. The topological polar surface area (TPSA) is 50.2 Å². The highest BCUT2D eigenvalue weighted by atomic mass is 16.2. The Morgan fingerprint density at radius 1 is 1.32 bits per heavy atom. The quantitative estimate of drug-likeness (QED) is 0.888. The molecule has 0 radical (unpaired) electrons. The minimum absolute atomic E-state index is 0.0134. The molecule has 2 rings (SSSR count). The molecule has 5 heteroatoms. The molecule has 5 nitrogen and oxygen atoms in total. The standard InChI is InChI=1S/C17H24N4O/c1-13-10-18-21(11-13)12-17(22)19-14(2)9-15-5-7-16(8-6-15)20(3)4/h5-8,10-11,14H,9,12H2,1-4H3,(H,19,22)/t14-/m1/s1. The summed E-state index contributed by atoms with van der Waals surface area (Å²) in [5, 5.41) is 7.14. The maximum absolute atomic E-state index is 12.0. The molecule has 0 aliphatic rings. The van der Waals surface area contributed by atoms with Crippen molar-refractivity contribution in [1.82, 2.24) is 15.1 Å². The monoisotopic (exact) mass is 300 g/mol. The molecule has 1 atom stereocenters. The third-order valence-corrected chi connectivity index (χ3v) is 3.47. The summed E-state index contributed by atoms with van der Waals surface area (Å²) >= 11 is 0. The van der Waals surface area contributed by atoms with Crippen LogP contribution >= 0.6 is 0 Å². The number of rotatable bonds is 6. The van der Waals surface area contributed by atoms with E-state index in [9.17, 15) is 4.79 Å². The molecule has 0 fully saturated rings. The van der Waals surface area contributed by atoms with Crippen molar-refractivity contribution in [3.63, 3.8) is 0 Å². The van der Waals surface area contributed by atoms with Crippen LogP contribution in [0.15, 0.2) is 36.7 Å². The fourth-order valence-corrected chi connectivity index (χ4v) is 2.36. The summed E-state index contributed by atoms with van der Waals surface area (Å²) in [5.74, 6) is -0.0134. The van der Waals surface area contributed by atoms with Gasteiger partial charge in [-0.1, -0.05) is 12.1 Å². The summed E-state index contributed by atoms with van der Waals surface area (Å²) in [6.45, 7) is 4.24. The van der Waals surface area contributed by atoms with E-state index in [0.29, 0.717) is 0 Å². The van der Waals surface area contributed by atoms with Crippen molar-refractivity contribution in [3.05, 3.63) is 47.8 Å². The van der Waals surface area contributed by atoms with Gasteiger partial charge in [-0.3, -0.25) is 9.48 Å². The number of nitrogens with zero attached hydrogens (tertiary/aromatic N) is 3. The Bertz CT molecular complexity index is 616. The molecule has 1 heterocycles. The zero-order chi connectivity index (χ0) is 16.1. The number of aryl methyl sites for hydroxylation is 1. The Morgan fingerprint density at radius 3 is 2.55 bits per heavy atom. The molecule has 0 saturated heterocycles. The van der Waals surface area contributed by atoms with E-state index in [1.54, 1.807) is 10.9 Å². The van der Waals surface area contributed by atoms with Crippen LogP contribution in [0.1, 0.15) is 18.1 Å². The van der Waals surface area contributed by atoms with Gasteiger partial charge in [-0.25, -0.2) is 0 Å². The molecule has 22 heavy (non-hydrogen) atoms. The first-order chi connectivity index (χ1) is 10.4. The molecular formula is C17H24N4O. The second-order valence-corrected chi connectivity index (χ2v) is 5.95. The number of amides is 1. The van der Waals surface area contributed by atoms with Gasteiger partial charge in [0.1, 0.15) is 6.54 Å². The third kappa shape index (κ3) is 4.62. The van der Waals surface area contributed by atoms with Gasteiger partial charge in [0.15, 0.2) is 0 Å². The van der Waals surface area contributed by atoms with Gasteiger partial charge in [0, 0.05) is 32.0 Å². The minimum atomic E-state index is -0.0134. The molecule has 1 aromatic carbocycles. The summed E-state index contributed by atoms with van der Waals surface area (Å²) in [4.78, 5) is 14.1. The van der Waals surface area contributed by atoms with Crippen LogP contribution in [-0.2, 0) is 17.8 Å². The molecule has 118 valence electrons. The lowest BCUT2D eigenvalue weighted by molar-refractivity contribution is -0.122. The van der Waals surface area contributed by atoms with Crippen molar-refractivity contribution < 1.29 is 4.79 Å². The summed E-state index contributed by atoms with van der Waals surface area (Å²) in [5.41, 5.74) is 3.45. The average Bonchev–Trinajstić information content (AvgIpc) is 2.84. The zero-order valence-electron chi connectivity index (χ0n) is 13.7. The van der Waals surface area contributed by atoms with Gasteiger partial charge in [-0.15, -0.1) is 0 Å². The van der Waals surface area contributed by atoms with E-state index in [1.807, 2.05) is 34.1 Å². The molecule has 0 unspecified atom stereocenters. The number of hydrogen-bond donors (Lipinski definition) is 1. The van der Waals surface area contributed by atoms with Crippen LogP contribution in [0, 0.1) is 6.92 Å². The fraction of sp³-hybridized carbons (Fsp3) is 0.412. The maximum Gasteiger partial charge on any atom is 0.241 e. The number of hydrogen-bond acceptors (Lipinski definition) is 3. The zero-order valence-corrected chi connectivity index (χ0v) is 13.7. The van der Waals surface area contributed by atoms with E-state index in [-0.39, 0.29) is 18.5 Å². The van der Waals surface area contributed by atoms with Crippen LogP contribution in [0.25, 0.3) is 0 Å². The van der Waals surface area contributed by atoms with Crippen LogP contribution in [0.3, 0.4) is 0 Å². The average molecular weight is 300 g/mol. The number of aromatic nitrogens is 2. The van der Waals surface area contributed by atoms with Crippen molar-refractivity contribution in [2.24, 2.45) is 0 Å². The first-order valence-corrected chi connectivity index (χ1v) is 7.48. The number of nitrogens with one attached hydrogen (secondary N) is 1. The van der Waals surface area contributed by atoms with Crippen LogP contribution in [0.4, 0.5) is 5.69 Å². The molecule has 1 aromatic heterocycles. The lowest BCUT2D eigenvalue weighted by atomic mass is 10.1. The summed E-state index contributed by atoms with van der Waals surface area (Å²) in [6, 6.07) is 8.49. The number of carbonyl (C=O) groups is 1. The van der Waals surface area contributed by atoms with Gasteiger partial charge in [0.05, 0.1) is 6.20 Å². The van der Waals surface area contributed by atoms with Gasteiger partial charge in [-0.05, 0) is 43.5 Å². The molecule has 2 aromatic rings. The van der Waals surface area contributed by atoms with Crippen molar-refractivity contribution in [3.8, 4) is 0 Å². The largest absolute Gasteiger partial charge is 0.378 e.